The third-order valence-electron chi connectivity index (χ3n) is 8.74. The number of hydrogen-bond acceptors (Lipinski definition) is 4. The van der Waals surface area contributed by atoms with Crippen LogP contribution in [0, 0.1) is 0 Å². The number of fused-ring (bicyclic) bond motifs is 1. The van der Waals surface area contributed by atoms with Gasteiger partial charge in [0, 0.05) is 37.2 Å². The van der Waals surface area contributed by atoms with Crippen molar-refractivity contribution in [2.75, 3.05) is 18.4 Å². The summed E-state index contributed by atoms with van der Waals surface area (Å²) in [6.45, 7) is 7.61. The monoisotopic (exact) mass is 678 g/mol. The molecule has 0 aliphatic carbocycles. The molecule has 4 rings (SSSR count). The summed E-state index contributed by atoms with van der Waals surface area (Å²) in [7, 11) is 0. The zero-order valence-electron chi connectivity index (χ0n) is 28.5. The molecule has 0 fully saturated rings. The highest BCUT2D eigenvalue weighted by Crippen LogP contribution is 2.36. The second-order valence-corrected chi connectivity index (χ2v) is 13.6. The molecule has 3 aromatic carbocycles. The van der Waals surface area contributed by atoms with Crippen LogP contribution in [0.15, 0.2) is 66.7 Å². The number of halogens is 3. The van der Waals surface area contributed by atoms with Crippen LogP contribution in [0.5, 0.6) is 0 Å². The first-order valence-corrected chi connectivity index (χ1v) is 16.6. The standard InChI is InChI=1S/C38H45F3N4O4/c1-5-6-7-11-34(47)43-30-17-14-27-21-32(26-12-15-28(16-13-26)37(2,3)4)45(36(49)31(27)22-30)19-18-35(48)44(24-33(42)46)23-25-9-8-10-29(20-25)38(39,40)41/h8-10,12-17,20,22,32H,5-7,11,18-19,21,23-24H2,1-4H3,(H2,42,46)(H,43,47). The van der Waals surface area contributed by atoms with Crippen LogP contribution in [0.4, 0.5) is 18.9 Å². The summed E-state index contributed by atoms with van der Waals surface area (Å²) in [5, 5.41) is 2.88. The first-order chi connectivity index (χ1) is 23.1. The van der Waals surface area contributed by atoms with Crippen molar-refractivity contribution in [3.63, 3.8) is 0 Å². The summed E-state index contributed by atoms with van der Waals surface area (Å²) >= 11 is 0. The Morgan fingerprint density at radius 2 is 1.65 bits per heavy atom. The molecule has 0 aromatic heterocycles. The molecule has 1 heterocycles. The number of amides is 4. The van der Waals surface area contributed by atoms with E-state index >= 15 is 0 Å². The van der Waals surface area contributed by atoms with Crippen molar-refractivity contribution in [3.8, 4) is 0 Å². The molecule has 3 N–H and O–H groups in total. The van der Waals surface area contributed by atoms with E-state index in [2.05, 4.69) is 33.0 Å². The number of carbonyl (C=O) groups is 4. The maximum Gasteiger partial charge on any atom is 0.416 e. The molecular weight excluding hydrogens is 633 g/mol. The van der Waals surface area contributed by atoms with E-state index in [0.29, 0.717) is 24.1 Å². The quantitative estimate of drug-likeness (QED) is 0.187. The number of benzene rings is 3. The van der Waals surface area contributed by atoms with E-state index in [1.165, 1.54) is 12.1 Å². The van der Waals surface area contributed by atoms with Gasteiger partial charge in [0.2, 0.25) is 17.7 Å². The third kappa shape index (κ3) is 9.93. The first kappa shape index (κ1) is 37.2. The molecule has 3 aromatic rings. The summed E-state index contributed by atoms with van der Waals surface area (Å²) in [6, 6.07) is 17.5. The number of rotatable bonds is 13. The van der Waals surface area contributed by atoms with E-state index in [0.717, 1.165) is 53.0 Å². The van der Waals surface area contributed by atoms with Gasteiger partial charge in [-0.2, -0.15) is 13.2 Å². The van der Waals surface area contributed by atoms with Gasteiger partial charge in [-0.15, -0.1) is 0 Å². The van der Waals surface area contributed by atoms with Crippen LogP contribution < -0.4 is 11.1 Å². The van der Waals surface area contributed by atoms with Crippen LogP contribution in [0.1, 0.15) is 104 Å². The lowest BCUT2D eigenvalue weighted by Gasteiger charge is -2.38. The molecule has 8 nitrogen and oxygen atoms in total. The zero-order chi connectivity index (χ0) is 35.9. The second kappa shape index (κ2) is 15.7. The number of carbonyl (C=O) groups excluding carboxylic acids is 4. The van der Waals surface area contributed by atoms with Gasteiger partial charge in [-0.1, -0.05) is 83.0 Å². The van der Waals surface area contributed by atoms with Gasteiger partial charge < -0.3 is 20.9 Å². The van der Waals surface area contributed by atoms with Crippen molar-refractivity contribution in [1.82, 2.24) is 9.80 Å². The highest BCUT2D eigenvalue weighted by atomic mass is 19.4. The number of primary amides is 1. The van der Waals surface area contributed by atoms with E-state index in [1.807, 2.05) is 30.3 Å². The predicted molar refractivity (Wildman–Crippen MR) is 183 cm³/mol. The van der Waals surface area contributed by atoms with Crippen LogP contribution in [-0.2, 0) is 38.9 Å². The van der Waals surface area contributed by atoms with Gasteiger partial charge in [0.1, 0.15) is 0 Å². The Hall–Kier alpha value is -4.67. The molecule has 0 radical (unpaired) electrons. The SMILES string of the molecule is CCCCCC(=O)Nc1ccc2c(c1)C(=O)N(CCC(=O)N(CC(N)=O)Cc1cccc(C(F)(F)F)c1)C(c1ccc(C(C)(C)C)cc1)C2. The molecular formula is C38H45F3N4O4. The molecule has 1 unspecified atom stereocenters. The summed E-state index contributed by atoms with van der Waals surface area (Å²) in [5.41, 5.74) is 8.38. The molecule has 1 atom stereocenters. The Balaban J connectivity index is 1.60. The lowest BCUT2D eigenvalue weighted by Crippen LogP contribution is -2.44. The molecule has 1 aliphatic rings. The maximum absolute atomic E-state index is 14.2. The average molecular weight is 679 g/mol. The number of unbranched alkanes of at least 4 members (excludes halogenated alkanes) is 2. The second-order valence-electron chi connectivity index (χ2n) is 13.6. The van der Waals surface area contributed by atoms with E-state index in [1.54, 1.807) is 17.0 Å². The zero-order valence-corrected chi connectivity index (χ0v) is 28.5. The fraction of sp³-hybridized carbons (Fsp3) is 0.421. The normalized spacial score (nSPS) is 14.7. The number of alkyl halides is 3. The van der Waals surface area contributed by atoms with E-state index in [4.69, 9.17) is 5.73 Å². The molecule has 49 heavy (non-hydrogen) atoms. The minimum Gasteiger partial charge on any atom is -0.368 e. The van der Waals surface area contributed by atoms with Crippen LogP contribution in [0.2, 0.25) is 0 Å². The Morgan fingerprint density at radius 3 is 2.29 bits per heavy atom. The van der Waals surface area contributed by atoms with Crippen LogP contribution in [-0.4, -0.2) is 46.5 Å². The Labute approximate surface area is 285 Å². The van der Waals surface area contributed by atoms with Crippen molar-refractivity contribution in [2.24, 2.45) is 5.73 Å². The van der Waals surface area contributed by atoms with Gasteiger partial charge >= 0.3 is 6.18 Å². The summed E-state index contributed by atoms with van der Waals surface area (Å²) in [6.07, 6.45) is -1.23. The van der Waals surface area contributed by atoms with Gasteiger partial charge in [-0.05, 0) is 64.8 Å². The van der Waals surface area contributed by atoms with E-state index in [-0.39, 0.29) is 42.3 Å². The van der Waals surface area contributed by atoms with Gasteiger partial charge in [0.05, 0.1) is 18.2 Å². The number of nitrogens with zero attached hydrogens (tertiary/aromatic N) is 2. The topological polar surface area (TPSA) is 113 Å². The lowest BCUT2D eigenvalue weighted by molar-refractivity contribution is -0.137. The largest absolute Gasteiger partial charge is 0.416 e. The predicted octanol–water partition coefficient (Wildman–Crippen LogP) is 7.17. The average Bonchev–Trinajstić information content (AvgIpc) is 3.03. The number of anilines is 1. The molecule has 1 aliphatic heterocycles. The number of hydrogen-bond donors (Lipinski definition) is 2. The van der Waals surface area contributed by atoms with Crippen LogP contribution in [0.3, 0.4) is 0 Å². The Morgan fingerprint density at radius 1 is 0.939 bits per heavy atom. The Kier molecular flexibility index (Phi) is 11.9. The lowest BCUT2D eigenvalue weighted by atomic mass is 9.84. The van der Waals surface area contributed by atoms with Crippen LogP contribution >= 0.6 is 0 Å². The van der Waals surface area contributed by atoms with Crippen molar-refractivity contribution < 1.29 is 32.3 Å². The third-order valence-corrected chi connectivity index (χ3v) is 8.74. The van der Waals surface area contributed by atoms with Gasteiger partial charge in [-0.25, -0.2) is 0 Å². The minimum atomic E-state index is -4.57. The molecule has 0 saturated carbocycles. The first-order valence-electron chi connectivity index (χ1n) is 16.6. The smallest absolute Gasteiger partial charge is 0.368 e. The molecule has 262 valence electrons. The fourth-order valence-electron chi connectivity index (χ4n) is 6.03. The Bertz CT molecular complexity index is 1660. The minimum absolute atomic E-state index is 0.0196. The highest BCUT2D eigenvalue weighted by molar-refractivity contribution is 6.00. The molecule has 0 spiro atoms. The number of nitrogens with one attached hydrogen (secondary N) is 1. The van der Waals surface area contributed by atoms with Crippen molar-refractivity contribution in [3.05, 3.63) is 100 Å². The molecule has 0 saturated heterocycles. The van der Waals surface area contributed by atoms with Gasteiger partial charge in [-0.3, -0.25) is 19.2 Å². The van der Waals surface area contributed by atoms with E-state index in [9.17, 15) is 32.3 Å². The van der Waals surface area contributed by atoms with Crippen molar-refractivity contribution in [2.45, 2.75) is 90.4 Å². The van der Waals surface area contributed by atoms with Crippen LogP contribution in [0.25, 0.3) is 0 Å². The van der Waals surface area contributed by atoms with Gasteiger partial charge in [0.25, 0.3) is 5.91 Å². The van der Waals surface area contributed by atoms with Crippen molar-refractivity contribution in [1.29, 1.82) is 0 Å². The summed E-state index contributed by atoms with van der Waals surface area (Å²) < 4.78 is 40.0. The highest BCUT2D eigenvalue weighted by Gasteiger charge is 2.35. The van der Waals surface area contributed by atoms with Crippen molar-refractivity contribution >= 4 is 29.3 Å². The maximum atomic E-state index is 14.2. The fourth-order valence-corrected chi connectivity index (χ4v) is 6.03. The summed E-state index contributed by atoms with van der Waals surface area (Å²) in [5.74, 6) is -1.80. The summed E-state index contributed by atoms with van der Waals surface area (Å²) in [4.78, 5) is 54.9. The molecule has 11 heteroatoms. The molecule has 0 bridgehead atoms. The number of nitrogens with two attached hydrogens (primary N) is 1. The van der Waals surface area contributed by atoms with Gasteiger partial charge in [0.15, 0.2) is 0 Å². The van der Waals surface area contributed by atoms with E-state index < -0.39 is 36.1 Å². The molecule has 4 amide bonds.